The molecule has 2 heteroatoms. The van der Waals surface area contributed by atoms with Crippen molar-refractivity contribution in [3.63, 3.8) is 0 Å². The summed E-state index contributed by atoms with van der Waals surface area (Å²) < 4.78 is 0. The van der Waals surface area contributed by atoms with Crippen LogP contribution in [0.2, 0.25) is 0 Å². The van der Waals surface area contributed by atoms with Crippen molar-refractivity contribution in [2.75, 3.05) is 0 Å². The van der Waals surface area contributed by atoms with E-state index in [2.05, 4.69) is 25.7 Å². The standard InChI is InChI=1S/C9H17NO/c1-4-7-8(5-2)10-9(11)6-3/h6,8H,3-5,7H2,1-2H3,(H,10,11)/t8-/m0/s1. The molecule has 1 amide bonds. The van der Waals surface area contributed by atoms with Gasteiger partial charge in [-0.05, 0) is 18.9 Å². The van der Waals surface area contributed by atoms with E-state index in [1.54, 1.807) is 0 Å². The smallest absolute Gasteiger partial charge is 0.243 e. The Balaban J connectivity index is 3.67. The van der Waals surface area contributed by atoms with Crippen LogP contribution in [0.25, 0.3) is 0 Å². The molecule has 0 radical (unpaired) electrons. The number of rotatable bonds is 5. The van der Waals surface area contributed by atoms with Crippen molar-refractivity contribution in [2.45, 2.75) is 39.2 Å². The van der Waals surface area contributed by atoms with Crippen molar-refractivity contribution < 1.29 is 4.79 Å². The van der Waals surface area contributed by atoms with Gasteiger partial charge >= 0.3 is 0 Å². The number of carbonyl (C=O) groups excluding carboxylic acids is 1. The van der Waals surface area contributed by atoms with Gasteiger partial charge in [-0.25, -0.2) is 0 Å². The van der Waals surface area contributed by atoms with E-state index in [9.17, 15) is 4.79 Å². The Bertz CT molecular complexity index is 132. The fourth-order valence-corrected chi connectivity index (χ4v) is 0.987. The molecule has 0 aliphatic rings. The van der Waals surface area contributed by atoms with Crippen LogP contribution in [0.15, 0.2) is 12.7 Å². The molecular formula is C9H17NO. The van der Waals surface area contributed by atoms with E-state index in [1.165, 1.54) is 6.08 Å². The second-order valence-electron chi connectivity index (χ2n) is 2.61. The highest BCUT2D eigenvalue weighted by molar-refractivity contribution is 5.87. The van der Waals surface area contributed by atoms with Gasteiger partial charge in [0.05, 0.1) is 0 Å². The number of hydrogen-bond acceptors (Lipinski definition) is 1. The van der Waals surface area contributed by atoms with Crippen LogP contribution >= 0.6 is 0 Å². The molecule has 0 aliphatic carbocycles. The molecule has 0 bridgehead atoms. The molecule has 0 spiro atoms. The van der Waals surface area contributed by atoms with Crippen LogP contribution in [0.4, 0.5) is 0 Å². The molecule has 0 aromatic carbocycles. The van der Waals surface area contributed by atoms with Crippen LogP contribution in [0.5, 0.6) is 0 Å². The number of hydrogen-bond donors (Lipinski definition) is 1. The Morgan fingerprint density at radius 3 is 2.64 bits per heavy atom. The second-order valence-corrected chi connectivity index (χ2v) is 2.61. The maximum absolute atomic E-state index is 10.8. The summed E-state index contributed by atoms with van der Waals surface area (Å²) in [7, 11) is 0. The highest BCUT2D eigenvalue weighted by Gasteiger charge is 2.05. The molecule has 0 saturated heterocycles. The molecule has 0 aromatic heterocycles. The van der Waals surface area contributed by atoms with Gasteiger partial charge in [-0.15, -0.1) is 0 Å². The van der Waals surface area contributed by atoms with E-state index in [1.807, 2.05) is 0 Å². The molecule has 0 rings (SSSR count). The van der Waals surface area contributed by atoms with Crippen molar-refractivity contribution >= 4 is 5.91 Å². The van der Waals surface area contributed by atoms with Gasteiger partial charge in [0.1, 0.15) is 0 Å². The third-order valence-corrected chi connectivity index (χ3v) is 1.66. The summed E-state index contributed by atoms with van der Waals surface area (Å²) >= 11 is 0. The third-order valence-electron chi connectivity index (χ3n) is 1.66. The molecule has 1 atom stereocenters. The lowest BCUT2D eigenvalue weighted by atomic mass is 10.1. The lowest BCUT2D eigenvalue weighted by Gasteiger charge is -2.13. The van der Waals surface area contributed by atoms with Crippen LogP contribution in [-0.4, -0.2) is 11.9 Å². The van der Waals surface area contributed by atoms with Crippen molar-refractivity contribution in [1.82, 2.24) is 5.32 Å². The third kappa shape index (κ3) is 4.59. The Hall–Kier alpha value is -0.790. The Kier molecular flexibility index (Phi) is 5.53. The fraction of sp³-hybridized carbons (Fsp3) is 0.667. The van der Waals surface area contributed by atoms with Gasteiger partial charge in [0.15, 0.2) is 0 Å². The quantitative estimate of drug-likeness (QED) is 0.603. The number of nitrogens with one attached hydrogen (secondary N) is 1. The first-order valence-electron chi connectivity index (χ1n) is 4.17. The van der Waals surface area contributed by atoms with E-state index in [0.29, 0.717) is 6.04 Å². The zero-order valence-corrected chi connectivity index (χ0v) is 7.39. The van der Waals surface area contributed by atoms with Gasteiger partial charge in [0.2, 0.25) is 5.91 Å². The summed E-state index contributed by atoms with van der Waals surface area (Å²) in [4.78, 5) is 10.8. The monoisotopic (exact) mass is 155 g/mol. The average Bonchev–Trinajstić information content (AvgIpc) is 2.03. The van der Waals surface area contributed by atoms with Gasteiger partial charge in [-0.2, -0.15) is 0 Å². The highest BCUT2D eigenvalue weighted by atomic mass is 16.1. The van der Waals surface area contributed by atoms with Crippen molar-refractivity contribution in [3.8, 4) is 0 Å². The molecule has 0 heterocycles. The summed E-state index contributed by atoms with van der Waals surface area (Å²) in [6.45, 7) is 7.58. The van der Waals surface area contributed by atoms with E-state index < -0.39 is 0 Å². The Morgan fingerprint density at radius 2 is 2.27 bits per heavy atom. The first-order valence-corrected chi connectivity index (χ1v) is 4.17. The van der Waals surface area contributed by atoms with Gasteiger partial charge in [0.25, 0.3) is 0 Å². The van der Waals surface area contributed by atoms with Crippen molar-refractivity contribution in [2.24, 2.45) is 0 Å². The summed E-state index contributed by atoms with van der Waals surface area (Å²) in [6, 6.07) is 0.325. The van der Waals surface area contributed by atoms with E-state index in [4.69, 9.17) is 0 Å². The number of carbonyl (C=O) groups is 1. The number of amides is 1. The molecule has 64 valence electrons. The summed E-state index contributed by atoms with van der Waals surface area (Å²) in [5.74, 6) is -0.0645. The predicted octanol–water partition coefficient (Wildman–Crippen LogP) is 1.87. The van der Waals surface area contributed by atoms with Gasteiger partial charge in [0, 0.05) is 6.04 Å². The molecule has 11 heavy (non-hydrogen) atoms. The lowest BCUT2D eigenvalue weighted by molar-refractivity contribution is -0.117. The molecule has 0 aliphatic heterocycles. The summed E-state index contributed by atoms with van der Waals surface area (Å²) in [6.07, 6.45) is 4.47. The van der Waals surface area contributed by atoms with Gasteiger partial charge in [-0.1, -0.05) is 26.8 Å². The van der Waals surface area contributed by atoms with Crippen LogP contribution in [-0.2, 0) is 4.79 Å². The maximum Gasteiger partial charge on any atom is 0.243 e. The van der Waals surface area contributed by atoms with Crippen LogP contribution in [0.1, 0.15) is 33.1 Å². The molecule has 2 nitrogen and oxygen atoms in total. The minimum absolute atomic E-state index is 0.0645. The van der Waals surface area contributed by atoms with E-state index >= 15 is 0 Å². The molecule has 0 fully saturated rings. The van der Waals surface area contributed by atoms with E-state index in [-0.39, 0.29) is 5.91 Å². The van der Waals surface area contributed by atoms with Crippen molar-refractivity contribution in [3.05, 3.63) is 12.7 Å². The molecule has 1 N–H and O–H groups in total. The Labute approximate surface area is 68.7 Å². The molecular weight excluding hydrogens is 138 g/mol. The zero-order valence-electron chi connectivity index (χ0n) is 7.39. The average molecular weight is 155 g/mol. The molecule has 0 saturated carbocycles. The largest absolute Gasteiger partial charge is 0.350 e. The maximum atomic E-state index is 10.8. The van der Waals surface area contributed by atoms with Crippen molar-refractivity contribution in [1.29, 1.82) is 0 Å². The van der Waals surface area contributed by atoms with Gasteiger partial charge in [-0.3, -0.25) is 4.79 Å². The topological polar surface area (TPSA) is 29.1 Å². The first-order chi connectivity index (χ1) is 5.24. The molecule has 0 unspecified atom stereocenters. The fourth-order valence-electron chi connectivity index (χ4n) is 0.987. The molecule has 0 aromatic rings. The van der Waals surface area contributed by atoms with E-state index in [0.717, 1.165) is 19.3 Å². The van der Waals surface area contributed by atoms with Crippen LogP contribution < -0.4 is 5.32 Å². The van der Waals surface area contributed by atoms with Crippen LogP contribution in [0, 0.1) is 0 Å². The minimum atomic E-state index is -0.0645. The summed E-state index contributed by atoms with van der Waals surface area (Å²) in [5, 5.41) is 2.86. The summed E-state index contributed by atoms with van der Waals surface area (Å²) in [5.41, 5.74) is 0. The predicted molar refractivity (Wildman–Crippen MR) is 47.3 cm³/mol. The highest BCUT2D eigenvalue weighted by Crippen LogP contribution is 2.00. The first kappa shape index (κ1) is 10.2. The Morgan fingerprint density at radius 1 is 1.64 bits per heavy atom. The lowest BCUT2D eigenvalue weighted by Crippen LogP contribution is -2.32. The normalized spacial score (nSPS) is 12.2. The van der Waals surface area contributed by atoms with Crippen LogP contribution in [0.3, 0.4) is 0 Å². The van der Waals surface area contributed by atoms with Gasteiger partial charge < -0.3 is 5.32 Å². The second kappa shape index (κ2) is 5.96. The zero-order chi connectivity index (χ0) is 8.69. The minimum Gasteiger partial charge on any atom is -0.350 e. The SMILES string of the molecule is C=CC(=O)N[C@@H](CC)CCC.